The van der Waals surface area contributed by atoms with Crippen molar-refractivity contribution in [1.82, 2.24) is 9.97 Å². The van der Waals surface area contributed by atoms with Gasteiger partial charge in [-0.05, 0) is 13.3 Å². The number of nitrogens with zero attached hydrogens (tertiary/aromatic N) is 2. The number of thiophene rings is 1. The Morgan fingerprint density at radius 3 is 3.08 bits per heavy atom. The maximum absolute atomic E-state index is 4.41. The van der Waals surface area contributed by atoms with Gasteiger partial charge in [0.1, 0.15) is 5.82 Å². The second-order valence-electron chi connectivity index (χ2n) is 2.73. The van der Waals surface area contributed by atoms with Crippen molar-refractivity contribution in [2.24, 2.45) is 0 Å². The van der Waals surface area contributed by atoms with E-state index in [9.17, 15) is 0 Å². The fourth-order valence-corrected chi connectivity index (χ4v) is 2.11. The molecule has 0 unspecified atom stereocenters. The van der Waals surface area contributed by atoms with Crippen LogP contribution >= 0.6 is 11.3 Å². The van der Waals surface area contributed by atoms with Crippen LogP contribution in [0.1, 0.15) is 17.6 Å². The van der Waals surface area contributed by atoms with Crippen molar-refractivity contribution in [2.45, 2.75) is 20.3 Å². The van der Waals surface area contributed by atoms with Gasteiger partial charge < -0.3 is 0 Å². The molecule has 0 N–H and O–H groups in total. The van der Waals surface area contributed by atoms with E-state index in [0.717, 1.165) is 17.8 Å². The Morgan fingerprint density at radius 1 is 1.50 bits per heavy atom. The number of aryl methyl sites for hydroxylation is 2. The van der Waals surface area contributed by atoms with Crippen LogP contribution in [0.25, 0.3) is 10.9 Å². The van der Waals surface area contributed by atoms with E-state index in [2.05, 4.69) is 22.3 Å². The first-order chi connectivity index (χ1) is 5.81. The van der Waals surface area contributed by atoms with Crippen molar-refractivity contribution in [2.75, 3.05) is 0 Å². The van der Waals surface area contributed by atoms with Gasteiger partial charge in [-0.15, -0.1) is 11.3 Å². The van der Waals surface area contributed by atoms with Gasteiger partial charge in [0.2, 0.25) is 0 Å². The Balaban J connectivity index is 2.75. The van der Waals surface area contributed by atoms with Gasteiger partial charge in [0.15, 0.2) is 0 Å². The molecule has 0 spiro atoms. The molecule has 2 aromatic heterocycles. The van der Waals surface area contributed by atoms with E-state index < -0.39 is 0 Å². The van der Waals surface area contributed by atoms with Gasteiger partial charge in [0, 0.05) is 21.8 Å². The zero-order valence-electron chi connectivity index (χ0n) is 7.16. The van der Waals surface area contributed by atoms with E-state index in [1.807, 2.05) is 13.1 Å². The van der Waals surface area contributed by atoms with Gasteiger partial charge >= 0.3 is 0 Å². The third kappa shape index (κ3) is 1.10. The van der Waals surface area contributed by atoms with Crippen molar-refractivity contribution in [3.8, 4) is 0 Å². The van der Waals surface area contributed by atoms with E-state index in [1.54, 1.807) is 11.3 Å². The van der Waals surface area contributed by atoms with Crippen molar-refractivity contribution < 1.29 is 0 Å². The van der Waals surface area contributed by atoms with Gasteiger partial charge in [-0.1, -0.05) is 6.92 Å². The summed E-state index contributed by atoms with van der Waals surface area (Å²) in [5.74, 6) is 0.857. The molecule has 0 radical (unpaired) electrons. The molecule has 0 saturated heterocycles. The molecular formula is C9H10N2S. The molecule has 2 nitrogen and oxygen atoms in total. The highest BCUT2D eigenvalue weighted by Gasteiger charge is 2.03. The van der Waals surface area contributed by atoms with Gasteiger partial charge in [-0.2, -0.15) is 0 Å². The van der Waals surface area contributed by atoms with Gasteiger partial charge in [0.05, 0.1) is 5.52 Å². The fraction of sp³-hybridized carbons (Fsp3) is 0.333. The van der Waals surface area contributed by atoms with Crippen LogP contribution in [-0.4, -0.2) is 9.97 Å². The molecule has 0 aliphatic rings. The summed E-state index contributed by atoms with van der Waals surface area (Å²) in [6.07, 6.45) is 2.96. The van der Waals surface area contributed by atoms with E-state index in [1.165, 1.54) is 10.3 Å². The molecule has 2 heterocycles. The lowest BCUT2D eigenvalue weighted by molar-refractivity contribution is 1.08. The summed E-state index contributed by atoms with van der Waals surface area (Å²) in [6, 6.07) is 0. The third-order valence-corrected chi connectivity index (χ3v) is 2.99. The molecule has 0 fully saturated rings. The Kier molecular flexibility index (Phi) is 1.81. The Morgan fingerprint density at radius 2 is 2.33 bits per heavy atom. The van der Waals surface area contributed by atoms with E-state index in [-0.39, 0.29) is 0 Å². The van der Waals surface area contributed by atoms with Crippen LogP contribution in [0.3, 0.4) is 0 Å². The van der Waals surface area contributed by atoms with Crippen molar-refractivity contribution in [3.63, 3.8) is 0 Å². The largest absolute Gasteiger partial charge is 0.241 e. The van der Waals surface area contributed by atoms with Crippen LogP contribution in [0, 0.1) is 6.92 Å². The first-order valence-corrected chi connectivity index (χ1v) is 4.89. The molecule has 0 aromatic carbocycles. The smallest absolute Gasteiger partial charge is 0.125 e. The lowest BCUT2D eigenvalue weighted by Gasteiger charge is -1.93. The molecule has 0 aliphatic heterocycles. The Bertz CT molecular complexity index is 406. The normalized spacial score (nSPS) is 10.8. The average molecular weight is 178 g/mol. The molecule has 2 rings (SSSR count). The molecule has 0 atom stereocenters. The summed E-state index contributed by atoms with van der Waals surface area (Å²) in [7, 11) is 0. The SMILES string of the molecule is CCc1scc2cnc(C)nc12. The molecule has 0 saturated carbocycles. The third-order valence-electron chi connectivity index (χ3n) is 1.85. The highest BCUT2D eigenvalue weighted by atomic mass is 32.1. The van der Waals surface area contributed by atoms with Crippen LogP contribution < -0.4 is 0 Å². The van der Waals surface area contributed by atoms with Crippen LogP contribution in [0.4, 0.5) is 0 Å². The van der Waals surface area contributed by atoms with E-state index in [0.29, 0.717) is 0 Å². The fourth-order valence-electron chi connectivity index (χ4n) is 1.23. The first-order valence-electron chi connectivity index (χ1n) is 4.01. The minimum atomic E-state index is 0.857. The van der Waals surface area contributed by atoms with E-state index in [4.69, 9.17) is 0 Å². The molecule has 0 aliphatic carbocycles. The second kappa shape index (κ2) is 2.83. The summed E-state index contributed by atoms with van der Waals surface area (Å²) < 4.78 is 0. The maximum atomic E-state index is 4.41. The summed E-state index contributed by atoms with van der Waals surface area (Å²) in [5, 5.41) is 3.29. The van der Waals surface area contributed by atoms with Gasteiger partial charge in [-0.25, -0.2) is 9.97 Å². The van der Waals surface area contributed by atoms with Crippen LogP contribution in [0.15, 0.2) is 11.6 Å². The molecule has 0 amide bonds. The highest BCUT2D eigenvalue weighted by molar-refractivity contribution is 7.11. The number of hydrogen-bond acceptors (Lipinski definition) is 3. The minimum Gasteiger partial charge on any atom is -0.241 e. The van der Waals surface area contributed by atoms with Crippen LogP contribution in [-0.2, 0) is 6.42 Å². The molecule has 2 aromatic rings. The lowest BCUT2D eigenvalue weighted by atomic mass is 10.3. The summed E-state index contributed by atoms with van der Waals surface area (Å²) in [6.45, 7) is 4.08. The predicted octanol–water partition coefficient (Wildman–Crippen LogP) is 2.56. The minimum absolute atomic E-state index is 0.857. The molecule has 62 valence electrons. The lowest BCUT2D eigenvalue weighted by Crippen LogP contribution is -1.86. The molecule has 3 heteroatoms. The van der Waals surface area contributed by atoms with Crippen molar-refractivity contribution in [1.29, 1.82) is 0 Å². The van der Waals surface area contributed by atoms with Crippen molar-refractivity contribution in [3.05, 3.63) is 22.3 Å². The first kappa shape index (κ1) is 7.68. The summed E-state index contributed by atoms with van der Waals surface area (Å²) in [4.78, 5) is 9.91. The molecule has 0 bridgehead atoms. The standard InChI is InChI=1S/C9H10N2S/c1-3-8-9-7(5-12-8)4-10-6(2)11-9/h4-5H,3H2,1-2H3. The predicted molar refractivity (Wildman–Crippen MR) is 51.5 cm³/mol. The van der Waals surface area contributed by atoms with Crippen LogP contribution in [0.2, 0.25) is 0 Å². The average Bonchev–Trinajstić information content (AvgIpc) is 2.46. The van der Waals surface area contributed by atoms with Gasteiger partial charge in [0.25, 0.3) is 0 Å². The number of aromatic nitrogens is 2. The van der Waals surface area contributed by atoms with Crippen molar-refractivity contribution >= 4 is 22.2 Å². The quantitative estimate of drug-likeness (QED) is 0.670. The Labute approximate surface area is 75.3 Å². The van der Waals surface area contributed by atoms with Crippen LogP contribution in [0.5, 0.6) is 0 Å². The number of hydrogen-bond donors (Lipinski definition) is 0. The monoisotopic (exact) mass is 178 g/mol. The Hall–Kier alpha value is -0.960. The zero-order valence-corrected chi connectivity index (χ0v) is 7.98. The second-order valence-corrected chi connectivity index (χ2v) is 3.70. The summed E-state index contributed by atoms with van der Waals surface area (Å²) in [5.41, 5.74) is 1.13. The zero-order chi connectivity index (χ0) is 8.55. The maximum Gasteiger partial charge on any atom is 0.125 e. The molecular weight excluding hydrogens is 168 g/mol. The highest BCUT2D eigenvalue weighted by Crippen LogP contribution is 2.23. The van der Waals surface area contributed by atoms with E-state index >= 15 is 0 Å². The summed E-state index contributed by atoms with van der Waals surface area (Å²) >= 11 is 1.77. The molecule has 12 heavy (non-hydrogen) atoms. The van der Waals surface area contributed by atoms with Gasteiger partial charge in [-0.3, -0.25) is 0 Å². The number of rotatable bonds is 1. The number of fused-ring (bicyclic) bond motifs is 1. The topological polar surface area (TPSA) is 25.8 Å².